The fraction of sp³-hybridized carbons (Fsp3) is 0.231. The van der Waals surface area contributed by atoms with E-state index < -0.39 is 6.04 Å². The summed E-state index contributed by atoms with van der Waals surface area (Å²) in [4.78, 5) is 32.5. The molecule has 0 radical (unpaired) electrons. The van der Waals surface area contributed by atoms with Gasteiger partial charge in [-0.3, -0.25) is 14.5 Å². The van der Waals surface area contributed by atoms with E-state index in [0.717, 1.165) is 33.8 Å². The zero-order valence-corrected chi connectivity index (χ0v) is 18.4. The molecule has 0 bridgehead atoms. The summed E-state index contributed by atoms with van der Waals surface area (Å²) in [5.74, 6) is -0.205. The number of benzene rings is 3. The van der Waals surface area contributed by atoms with Crippen molar-refractivity contribution in [3.05, 3.63) is 89.5 Å². The maximum Gasteiger partial charge on any atom is 0.255 e. The van der Waals surface area contributed by atoms with E-state index in [0.29, 0.717) is 0 Å². The van der Waals surface area contributed by atoms with Crippen molar-refractivity contribution in [3.8, 4) is 0 Å². The van der Waals surface area contributed by atoms with Gasteiger partial charge in [0.15, 0.2) is 0 Å². The molecule has 1 aliphatic heterocycles. The molecule has 1 aliphatic rings. The Kier molecular flexibility index (Phi) is 5.51. The van der Waals surface area contributed by atoms with Gasteiger partial charge in [0.05, 0.1) is 0 Å². The molecule has 3 aromatic rings. The zero-order valence-electron chi connectivity index (χ0n) is 18.4. The van der Waals surface area contributed by atoms with Crippen LogP contribution in [-0.4, -0.2) is 32.5 Å². The molecule has 0 N–H and O–H groups in total. The van der Waals surface area contributed by atoms with Crippen molar-refractivity contribution in [1.29, 1.82) is 0 Å². The highest BCUT2D eigenvalue weighted by Crippen LogP contribution is 2.36. The van der Waals surface area contributed by atoms with Crippen molar-refractivity contribution in [2.75, 3.05) is 35.3 Å². The van der Waals surface area contributed by atoms with Crippen molar-refractivity contribution in [3.63, 3.8) is 0 Å². The summed E-state index contributed by atoms with van der Waals surface area (Å²) in [7, 11) is 3.95. The van der Waals surface area contributed by atoms with E-state index >= 15 is 0 Å². The Balaban J connectivity index is 1.82. The van der Waals surface area contributed by atoms with Crippen LogP contribution in [0.15, 0.2) is 72.8 Å². The van der Waals surface area contributed by atoms with Crippen LogP contribution in [0.5, 0.6) is 0 Å². The maximum absolute atomic E-state index is 13.9. The Morgan fingerprint density at radius 1 is 0.839 bits per heavy atom. The molecule has 5 heteroatoms. The fourth-order valence-corrected chi connectivity index (χ4v) is 4.05. The van der Waals surface area contributed by atoms with Gasteiger partial charge < -0.3 is 9.80 Å². The van der Waals surface area contributed by atoms with Crippen LogP contribution >= 0.6 is 0 Å². The minimum atomic E-state index is -0.722. The average Bonchev–Trinajstić information content (AvgIpc) is 2.77. The molecule has 1 atom stereocenters. The molecule has 2 amide bonds. The summed E-state index contributed by atoms with van der Waals surface area (Å²) < 4.78 is 0. The van der Waals surface area contributed by atoms with Gasteiger partial charge in [0, 0.05) is 31.2 Å². The number of carbonyl (C=O) groups excluding carboxylic acids is 2. The van der Waals surface area contributed by atoms with Crippen LogP contribution in [0.3, 0.4) is 0 Å². The van der Waals surface area contributed by atoms with Crippen LogP contribution in [0.4, 0.5) is 17.1 Å². The van der Waals surface area contributed by atoms with Gasteiger partial charge in [-0.25, -0.2) is 0 Å². The highest BCUT2D eigenvalue weighted by atomic mass is 16.2. The van der Waals surface area contributed by atoms with E-state index in [-0.39, 0.29) is 18.4 Å². The Morgan fingerprint density at radius 2 is 1.52 bits per heavy atom. The lowest BCUT2D eigenvalue weighted by Crippen LogP contribution is -2.56. The number of carbonyl (C=O) groups is 2. The van der Waals surface area contributed by atoms with E-state index in [1.807, 2.05) is 106 Å². The van der Waals surface area contributed by atoms with Gasteiger partial charge in [0.2, 0.25) is 5.91 Å². The molecule has 4 rings (SSSR count). The molecule has 0 aromatic heterocycles. The normalized spacial score (nSPS) is 16.6. The molecule has 0 spiro atoms. The van der Waals surface area contributed by atoms with Crippen molar-refractivity contribution >= 4 is 28.9 Å². The van der Waals surface area contributed by atoms with Crippen molar-refractivity contribution < 1.29 is 9.59 Å². The number of para-hydroxylation sites is 1. The lowest BCUT2D eigenvalue weighted by Gasteiger charge is -2.41. The molecule has 3 aromatic carbocycles. The number of amides is 2. The number of aryl methyl sites for hydroxylation is 1. The first-order chi connectivity index (χ1) is 14.9. The molecule has 158 valence electrons. The SMILES string of the molecule is Cc1cccc(N2CC(=O)N(c3ccccc3)[C@@H](c3ccc(N(C)C)cc3)C2=O)c1C. The number of hydrogen-bond donors (Lipinski definition) is 0. The number of rotatable bonds is 4. The van der Waals surface area contributed by atoms with Gasteiger partial charge in [-0.15, -0.1) is 0 Å². The first-order valence-electron chi connectivity index (χ1n) is 10.4. The summed E-state index contributed by atoms with van der Waals surface area (Å²) in [6.45, 7) is 4.03. The second-order valence-electron chi connectivity index (χ2n) is 8.13. The van der Waals surface area contributed by atoms with E-state index in [2.05, 4.69) is 0 Å². The summed E-state index contributed by atoms with van der Waals surface area (Å²) in [5, 5.41) is 0. The Hall–Kier alpha value is -3.60. The molecule has 31 heavy (non-hydrogen) atoms. The second kappa shape index (κ2) is 8.26. The van der Waals surface area contributed by atoms with Crippen molar-refractivity contribution in [1.82, 2.24) is 0 Å². The number of nitrogens with zero attached hydrogens (tertiary/aromatic N) is 3. The van der Waals surface area contributed by atoms with Crippen LogP contribution in [0.1, 0.15) is 22.7 Å². The predicted molar refractivity (Wildman–Crippen MR) is 126 cm³/mol. The molecule has 1 heterocycles. The third-order valence-electron chi connectivity index (χ3n) is 5.95. The largest absolute Gasteiger partial charge is 0.378 e. The van der Waals surface area contributed by atoms with Crippen LogP contribution < -0.4 is 14.7 Å². The highest BCUT2D eigenvalue weighted by molar-refractivity contribution is 6.14. The Labute approximate surface area is 183 Å². The van der Waals surface area contributed by atoms with Crippen LogP contribution in [0.2, 0.25) is 0 Å². The summed E-state index contributed by atoms with van der Waals surface area (Å²) in [5.41, 5.74) is 5.46. The standard InChI is InChI=1S/C26H27N3O2/c1-18-9-8-12-23(19(18)2)28-17-24(30)29(22-10-6-5-7-11-22)25(26(28)31)20-13-15-21(16-14-20)27(3)4/h5-16,25H,17H2,1-4H3/t25-/m0/s1. The number of piperazine rings is 1. The Morgan fingerprint density at radius 3 is 2.16 bits per heavy atom. The summed E-state index contributed by atoms with van der Waals surface area (Å²) in [6, 6.07) is 22.4. The van der Waals surface area contributed by atoms with Crippen molar-refractivity contribution in [2.24, 2.45) is 0 Å². The molecule has 5 nitrogen and oxygen atoms in total. The quantitative estimate of drug-likeness (QED) is 0.633. The number of anilines is 3. The van der Waals surface area contributed by atoms with Gasteiger partial charge in [0.25, 0.3) is 5.91 Å². The third-order valence-corrected chi connectivity index (χ3v) is 5.95. The van der Waals surface area contributed by atoms with E-state index in [9.17, 15) is 9.59 Å². The first-order valence-corrected chi connectivity index (χ1v) is 10.4. The molecular weight excluding hydrogens is 386 g/mol. The van der Waals surface area contributed by atoms with Crippen LogP contribution in [0.25, 0.3) is 0 Å². The molecule has 0 aliphatic carbocycles. The smallest absolute Gasteiger partial charge is 0.255 e. The molecule has 1 saturated heterocycles. The minimum Gasteiger partial charge on any atom is -0.378 e. The summed E-state index contributed by atoms with van der Waals surface area (Å²) >= 11 is 0. The van der Waals surface area contributed by atoms with Crippen molar-refractivity contribution in [2.45, 2.75) is 19.9 Å². The maximum atomic E-state index is 13.9. The second-order valence-corrected chi connectivity index (χ2v) is 8.13. The first kappa shape index (κ1) is 20.7. The van der Waals surface area contributed by atoms with Crippen LogP contribution in [0, 0.1) is 13.8 Å². The average molecular weight is 414 g/mol. The van der Waals surface area contributed by atoms with Gasteiger partial charge in [-0.05, 0) is 60.9 Å². The topological polar surface area (TPSA) is 43.9 Å². The zero-order chi connectivity index (χ0) is 22.1. The third kappa shape index (κ3) is 3.79. The predicted octanol–water partition coefficient (Wildman–Crippen LogP) is 4.49. The summed E-state index contributed by atoms with van der Waals surface area (Å²) in [6.07, 6.45) is 0. The van der Waals surface area contributed by atoms with Gasteiger partial charge in [-0.1, -0.05) is 42.5 Å². The minimum absolute atomic E-state index is 0.0182. The van der Waals surface area contributed by atoms with Gasteiger partial charge in [0.1, 0.15) is 12.6 Å². The molecule has 0 unspecified atom stereocenters. The molecular formula is C26H27N3O2. The molecule has 0 saturated carbocycles. The monoisotopic (exact) mass is 413 g/mol. The lowest BCUT2D eigenvalue weighted by molar-refractivity contribution is -0.128. The van der Waals surface area contributed by atoms with Gasteiger partial charge in [-0.2, -0.15) is 0 Å². The lowest BCUT2D eigenvalue weighted by atomic mass is 9.98. The van der Waals surface area contributed by atoms with Crippen LogP contribution in [-0.2, 0) is 9.59 Å². The highest BCUT2D eigenvalue weighted by Gasteiger charge is 2.42. The van der Waals surface area contributed by atoms with E-state index in [4.69, 9.17) is 0 Å². The molecule has 1 fully saturated rings. The van der Waals surface area contributed by atoms with E-state index in [1.165, 1.54) is 0 Å². The fourth-order valence-electron chi connectivity index (χ4n) is 4.05. The number of hydrogen-bond acceptors (Lipinski definition) is 3. The Bertz CT molecular complexity index is 1110. The van der Waals surface area contributed by atoms with E-state index in [1.54, 1.807) is 9.80 Å². The van der Waals surface area contributed by atoms with Gasteiger partial charge >= 0.3 is 0 Å².